The molecular formula is C9H9BrFN. The molecule has 0 unspecified atom stereocenters. The second-order valence-corrected chi connectivity index (χ2v) is 4.05. The molecule has 1 aliphatic rings. The van der Waals surface area contributed by atoms with Crippen molar-refractivity contribution in [3.63, 3.8) is 0 Å². The summed E-state index contributed by atoms with van der Waals surface area (Å²) < 4.78 is 13.6. The van der Waals surface area contributed by atoms with Crippen LogP contribution in [0.25, 0.3) is 0 Å². The van der Waals surface area contributed by atoms with Crippen molar-refractivity contribution in [1.82, 2.24) is 0 Å². The van der Waals surface area contributed by atoms with E-state index in [1.807, 2.05) is 6.07 Å². The molecule has 0 spiro atoms. The summed E-state index contributed by atoms with van der Waals surface area (Å²) >= 11 is 3.20. The molecule has 1 aliphatic carbocycles. The summed E-state index contributed by atoms with van der Waals surface area (Å²) in [4.78, 5) is 0. The largest absolute Gasteiger partial charge is 0.321 e. The highest BCUT2D eigenvalue weighted by atomic mass is 79.9. The van der Waals surface area contributed by atoms with Crippen molar-refractivity contribution in [1.29, 1.82) is 0 Å². The minimum Gasteiger partial charge on any atom is -0.321 e. The van der Waals surface area contributed by atoms with E-state index >= 15 is 0 Å². The Morgan fingerprint density at radius 1 is 1.42 bits per heavy atom. The molecule has 0 bridgehead atoms. The van der Waals surface area contributed by atoms with Crippen LogP contribution in [0.1, 0.15) is 18.4 Å². The zero-order chi connectivity index (χ0) is 8.77. The highest BCUT2D eigenvalue weighted by Gasteiger charge is 2.41. The summed E-state index contributed by atoms with van der Waals surface area (Å²) in [5.41, 5.74) is 6.57. The predicted octanol–water partition coefficient (Wildman–Crippen LogP) is 2.54. The van der Waals surface area contributed by atoms with Crippen LogP contribution >= 0.6 is 15.9 Å². The second kappa shape index (κ2) is 2.54. The van der Waals surface area contributed by atoms with Crippen LogP contribution in [0.4, 0.5) is 4.39 Å². The molecular weight excluding hydrogens is 221 g/mol. The van der Waals surface area contributed by atoms with E-state index in [2.05, 4.69) is 15.9 Å². The lowest BCUT2D eigenvalue weighted by atomic mass is 10.1. The molecule has 2 N–H and O–H groups in total. The van der Waals surface area contributed by atoms with Crippen molar-refractivity contribution < 1.29 is 4.39 Å². The summed E-state index contributed by atoms with van der Waals surface area (Å²) in [5.74, 6) is -0.232. The SMILES string of the molecule is NC1(c2cccc(F)c2Br)CC1. The maximum absolute atomic E-state index is 13.0. The molecule has 2 rings (SSSR count). The fourth-order valence-corrected chi connectivity index (χ4v) is 1.95. The van der Waals surface area contributed by atoms with E-state index in [0.717, 1.165) is 18.4 Å². The van der Waals surface area contributed by atoms with Gasteiger partial charge in [-0.2, -0.15) is 0 Å². The van der Waals surface area contributed by atoms with E-state index in [1.54, 1.807) is 6.07 Å². The van der Waals surface area contributed by atoms with Gasteiger partial charge < -0.3 is 5.73 Å². The fraction of sp³-hybridized carbons (Fsp3) is 0.333. The van der Waals surface area contributed by atoms with Gasteiger partial charge in [0.05, 0.1) is 4.47 Å². The third-order valence-electron chi connectivity index (χ3n) is 2.28. The van der Waals surface area contributed by atoms with E-state index in [-0.39, 0.29) is 11.4 Å². The lowest BCUT2D eigenvalue weighted by molar-refractivity contribution is 0.609. The van der Waals surface area contributed by atoms with Gasteiger partial charge in [0, 0.05) is 5.54 Å². The fourth-order valence-electron chi connectivity index (χ4n) is 1.29. The molecule has 0 atom stereocenters. The Bertz CT molecular complexity index is 320. The van der Waals surface area contributed by atoms with Gasteiger partial charge in [-0.25, -0.2) is 4.39 Å². The average Bonchev–Trinajstić information content (AvgIpc) is 2.75. The first-order valence-corrected chi connectivity index (χ1v) is 4.66. The molecule has 0 aromatic heterocycles. The van der Waals surface area contributed by atoms with E-state index in [4.69, 9.17) is 5.73 Å². The number of halogens is 2. The van der Waals surface area contributed by atoms with Crippen molar-refractivity contribution >= 4 is 15.9 Å². The van der Waals surface area contributed by atoms with Crippen LogP contribution in [0, 0.1) is 5.82 Å². The summed E-state index contributed by atoms with van der Waals surface area (Å²) in [6.45, 7) is 0. The molecule has 1 aromatic rings. The van der Waals surface area contributed by atoms with Gasteiger partial charge in [-0.05, 0) is 40.4 Å². The van der Waals surface area contributed by atoms with Gasteiger partial charge in [-0.15, -0.1) is 0 Å². The lowest BCUT2D eigenvalue weighted by Crippen LogP contribution is -2.19. The predicted molar refractivity (Wildman–Crippen MR) is 49.2 cm³/mol. The highest BCUT2D eigenvalue weighted by molar-refractivity contribution is 9.10. The van der Waals surface area contributed by atoms with E-state index in [0.29, 0.717) is 4.47 Å². The van der Waals surface area contributed by atoms with Crippen LogP contribution in [-0.2, 0) is 5.54 Å². The van der Waals surface area contributed by atoms with Crippen molar-refractivity contribution in [2.24, 2.45) is 5.73 Å². The molecule has 0 heterocycles. The summed E-state index contributed by atoms with van der Waals surface area (Å²) in [5, 5.41) is 0. The summed E-state index contributed by atoms with van der Waals surface area (Å²) in [6, 6.07) is 5.00. The molecule has 1 fully saturated rings. The minimum atomic E-state index is -0.263. The second-order valence-electron chi connectivity index (χ2n) is 3.26. The van der Waals surface area contributed by atoms with Gasteiger partial charge in [0.25, 0.3) is 0 Å². The molecule has 0 amide bonds. The molecule has 12 heavy (non-hydrogen) atoms. The smallest absolute Gasteiger partial charge is 0.137 e. The zero-order valence-electron chi connectivity index (χ0n) is 6.48. The topological polar surface area (TPSA) is 26.0 Å². The normalized spacial score (nSPS) is 19.2. The summed E-state index contributed by atoms with van der Waals surface area (Å²) in [7, 11) is 0. The molecule has 0 saturated heterocycles. The first-order valence-electron chi connectivity index (χ1n) is 3.87. The highest BCUT2D eigenvalue weighted by Crippen LogP contribution is 2.45. The van der Waals surface area contributed by atoms with E-state index < -0.39 is 0 Å². The number of hydrogen-bond donors (Lipinski definition) is 1. The van der Waals surface area contributed by atoms with Gasteiger partial charge in [0.2, 0.25) is 0 Å². The molecule has 1 nitrogen and oxygen atoms in total. The van der Waals surface area contributed by atoms with Crippen LogP contribution in [0.5, 0.6) is 0 Å². The molecule has 1 aromatic carbocycles. The van der Waals surface area contributed by atoms with Crippen molar-refractivity contribution in [2.45, 2.75) is 18.4 Å². The Balaban J connectivity index is 2.51. The number of nitrogens with two attached hydrogens (primary N) is 1. The number of hydrogen-bond acceptors (Lipinski definition) is 1. The average molecular weight is 230 g/mol. The molecule has 1 saturated carbocycles. The Kier molecular flexibility index (Phi) is 1.73. The van der Waals surface area contributed by atoms with Gasteiger partial charge in [-0.3, -0.25) is 0 Å². The Morgan fingerprint density at radius 3 is 2.67 bits per heavy atom. The molecule has 0 radical (unpaired) electrons. The quantitative estimate of drug-likeness (QED) is 0.788. The van der Waals surface area contributed by atoms with Crippen LogP contribution in [0.2, 0.25) is 0 Å². The third-order valence-corrected chi connectivity index (χ3v) is 3.08. The number of rotatable bonds is 1. The zero-order valence-corrected chi connectivity index (χ0v) is 8.07. The Morgan fingerprint density at radius 2 is 2.08 bits per heavy atom. The first kappa shape index (κ1) is 8.20. The summed E-state index contributed by atoms with van der Waals surface area (Å²) in [6.07, 6.45) is 1.91. The maximum atomic E-state index is 13.0. The van der Waals surface area contributed by atoms with Crippen molar-refractivity contribution in [3.05, 3.63) is 34.1 Å². The first-order chi connectivity index (χ1) is 5.63. The van der Waals surface area contributed by atoms with Crippen LogP contribution < -0.4 is 5.73 Å². The Labute approximate surface area is 78.9 Å². The van der Waals surface area contributed by atoms with Crippen molar-refractivity contribution in [2.75, 3.05) is 0 Å². The third kappa shape index (κ3) is 1.17. The van der Waals surface area contributed by atoms with Crippen LogP contribution in [0.15, 0.2) is 22.7 Å². The van der Waals surface area contributed by atoms with E-state index in [9.17, 15) is 4.39 Å². The lowest BCUT2D eigenvalue weighted by Gasteiger charge is -2.11. The van der Waals surface area contributed by atoms with Gasteiger partial charge in [0.15, 0.2) is 0 Å². The molecule has 0 aliphatic heterocycles. The van der Waals surface area contributed by atoms with Gasteiger partial charge >= 0.3 is 0 Å². The van der Waals surface area contributed by atoms with Crippen LogP contribution in [0.3, 0.4) is 0 Å². The molecule has 3 heteroatoms. The maximum Gasteiger partial charge on any atom is 0.137 e. The van der Waals surface area contributed by atoms with E-state index in [1.165, 1.54) is 6.07 Å². The van der Waals surface area contributed by atoms with Crippen LogP contribution in [-0.4, -0.2) is 0 Å². The number of benzene rings is 1. The monoisotopic (exact) mass is 229 g/mol. The van der Waals surface area contributed by atoms with Gasteiger partial charge in [0.1, 0.15) is 5.82 Å². The minimum absolute atomic E-state index is 0.232. The molecule has 64 valence electrons. The van der Waals surface area contributed by atoms with Crippen molar-refractivity contribution in [3.8, 4) is 0 Å². The standard InChI is InChI=1S/C9H9BrFN/c10-8-6(9(12)4-5-9)2-1-3-7(8)11/h1-3H,4-5,12H2. The Hall–Kier alpha value is -0.410. The van der Waals surface area contributed by atoms with Gasteiger partial charge in [-0.1, -0.05) is 12.1 Å².